The first kappa shape index (κ1) is 22.9. The Balaban J connectivity index is 1.65. The lowest BCUT2D eigenvalue weighted by atomic mass is 10.1. The monoisotopic (exact) mass is 445 g/mol. The highest BCUT2D eigenvalue weighted by Crippen LogP contribution is 2.30. The summed E-state index contributed by atoms with van der Waals surface area (Å²) in [5, 5.41) is 15.3. The van der Waals surface area contributed by atoms with Crippen molar-refractivity contribution in [3.63, 3.8) is 0 Å². The summed E-state index contributed by atoms with van der Waals surface area (Å²) < 4.78 is 12.3. The number of anilines is 1. The molecule has 0 saturated heterocycles. The molecule has 0 atom stereocenters. The molecule has 1 heterocycles. The second-order valence-electron chi connectivity index (χ2n) is 8.65. The summed E-state index contributed by atoms with van der Waals surface area (Å²) >= 11 is 0. The lowest BCUT2D eigenvalue weighted by Gasteiger charge is -2.15. The smallest absolute Gasteiger partial charge is 0.195 e. The zero-order valence-electron chi connectivity index (χ0n) is 19.3. The van der Waals surface area contributed by atoms with Gasteiger partial charge in [0.2, 0.25) is 0 Å². The molecule has 0 aliphatic carbocycles. The van der Waals surface area contributed by atoms with Crippen LogP contribution in [0.1, 0.15) is 50.4 Å². The van der Waals surface area contributed by atoms with E-state index >= 15 is 0 Å². The molecule has 5 nitrogen and oxygen atoms in total. The summed E-state index contributed by atoms with van der Waals surface area (Å²) in [5.41, 5.74) is 2.29. The number of unbranched alkanes of at least 4 members (excludes halogenated alkanes) is 2. The van der Waals surface area contributed by atoms with Crippen LogP contribution in [0.15, 0.2) is 69.9 Å². The van der Waals surface area contributed by atoms with E-state index in [0.717, 1.165) is 30.2 Å². The normalized spacial score (nSPS) is 11.4. The molecule has 0 amide bonds. The van der Waals surface area contributed by atoms with Gasteiger partial charge >= 0.3 is 0 Å². The van der Waals surface area contributed by atoms with Gasteiger partial charge in [0.05, 0.1) is 11.1 Å². The van der Waals surface area contributed by atoms with Crippen molar-refractivity contribution in [3.05, 3.63) is 82.2 Å². The zero-order valence-corrected chi connectivity index (χ0v) is 19.3. The van der Waals surface area contributed by atoms with E-state index in [1.807, 2.05) is 44.2 Å². The third kappa shape index (κ3) is 5.37. The SMILES string of the molecule is CC(C)c1cc(=O)c2c(NCCCCCO)cc(OCc3cccc4ccccc34)cc2o1. The van der Waals surface area contributed by atoms with E-state index < -0.39 is 0 Å². The third-order valence-corrected chi connectivity index (χ3v) is 5.82. The van der Waals surface area contributed by atoms with Gasteiger partial charge in [-0.3, -0.25) is 4.79 Å². The van der Waals surface area contributed by atoms with Crippen LogP contribution in [0.4, 0.5) is 5.69 Å². The summed E-state index contributed by atoms with van der Waals surface area (Å²) in [6.07, 6.45) is 2.60. The van der Waals surface area contributed by atoms with Gasteiger partial charge in [0, 0.05) is 37.3 Å². The van der Waals surface area contributed by atoms with Gasteiger partial charge in [-0.25, -0.2) is 0 Å². The van der Waals surface area contributed by atoms with Gasteiger partial charge in [-0.1, -0.05) is 56.3 Å². The van der Waals surface area contributed by atoms with Crippen molar-refractivity contribution in [3.8, 4) is 5.75 Å². The van der Waals surface area contributed by atoms with Crippen LogP contribution < -0.4 is 15.5 Å². The van der Waals surface area contributed by atoms with E-state index in [2.05, 4.69) is 29.6 Å². The van der Waals surface area contributed by atoms with E-state index in [-0.39, 0.29) is 18.0 Å². The maximum absolute atomic E-state index is 12.9. The number of fused-ring (bicyclic) bond motifs is 2. The summed E-state index contributed by atoms with van der Waals surface area (Å²) in [5.74, 6) is 1.42. The number of nitrogens with one attached hydrogen (secondary N) is 1. The first-order chi connectivity index (χ1) is 16.1. The fourth-order valence-electron chi connectivity index (χ4n) is 4.01. The van der Waals surface area contributed by atoms with Gasteiger partial charge in [-0.15, -0.1) is 0 Å². The van der Waals surface area contributed by atoms with E-state index in [1.165, 1.54) is 5.39 Å². The largest absolute Gasteiger partial charge is 0.489 e. The molecule has 1 aromatic heterocycles. The van der Waals surface area contributed by atoms with Crippen molar-refractivity contribution in [2.24, 2.45) is 0 Å². The molecule has 0 aliphatic heterocycles. The molecule has 2 N–H and O–H groups in total. The molecule has 33 heavy (non-hydrogen) atoms. The van der Waals surface area contributed by atoms with Crippen LogP contribution in [0.2, 0.25) is 0 Å². The molecule has 0 bridgehead atoms. The van der Waals surface area contributed by atoms with Crippen LogP contribution in [0, 0.1) is 0 Å². The molecule has 0 spiro atoms. The summed E-state index contributed by atoms with van der Waals surface area (Å²) in [6.45, 7) is 5.32. The predicted octanol–water partition coefficient (Wildman–Crippen LogP) is 6.22. The Kier molecular flexibility index (Phi) is 7.30. The Hall–Kier alpha value is -3.31. The zero-order chi connectivity index (χ0) is 23.2. The molecule has 0 aliphatic rings. The van der Waals surface area contributed by atoms with Crippen molar-refractivity contribution in [1.29, 1.82) is 0 Å². The fourth-order valence-corrected chi connectivity index (χ4v) is 4.01. The van der Waals surface area contributed by atoms with Crippen molar-refractivity contribution in [1.82, 2.24) is 0 Å². The number of benzene rings is 3. The average molecular weight is 446 g/mol. The first-order valence-corrected chi connectivity index (χ1v) is 11.6. The Labute approximate surface area is 194 Å². The van der Waals surface area contributed by atoms with Crippen molar-refractivity contribution in [2.45, 2.75) is 45.6 Å². The maximum Gasteiger partial charge on any atom is 0.195 e. The van der Waals surface area contributed by atoms with Gasteiger partial charge in [0.15, 0.2) is 5.43 Å². The van der Waals surface area contributed by atoms with Gasteiger partial charge in [0.25, 0.3) is 0 Å². The number of aliphatic hydroxyl groups is 1. The van der Waals surface area contributed by atoms with Crippen LogP contribution in [-0.4, -0.2) is 18.3 Å². The Morgan fingerprint density at radius 1 is 1.00 bits per heavy atom. The Bertz CT molecular complexity index is 1290. The minimum Gasteiger partial charge on any atom is -0.489 e. The molecule has 172 valence electrons. The molecule has 0 saturated carbocycles. The average Bonchev–Trinajstić information content (AvgIpc) is 2.82. The minimum atomic E-state index is -0.0570. The lowest BCUT2D eigenvalue weighted by molar-refractivity contribution is 0.283. The summed E-state index contributed by atoms with van der Waals surface area (Å²) in [4.78, 5) is 12.9. The van der Waals surface area contributed by atoms with Gasteiger partial charge < -0.3 is 19.6 Å². The first-order valence-electron chi connectivity index (χ1n) is 11.6. The number of hydrogen-bond acceptors (Lipinski definition) is 5. The van der Waals surface area contributed by atoms with Gasteiger partial charge in [0.1, 0.15) is 23.7 Å². The van der Waals surface area contributed by atoms with Crippen molar-refractivity contribution >= 4 is 27.4 Å². The predicted molar refractivity (Wildman–Crippen MR) is 134 cm³/mol. The topological polar surface area (TPSA) is 71.7 Å². The van der Waals surface area contributed by atoms with Crippen LogP contribution in [-0.2, 0) is 6.61 Å². The summed E-state index contributed by atoms with van der Waals surface area (Å²) in [7, 11) is 0. The second kappa shape index (κ2) is 10.5. The van der Waals surface area contributed by atoms with Crippen molar-refractivity contribution in [2.75, 3.05) is 18.5 Å². The van der Waals surface area contributed by atoms with E-state index in [9.17, 15) is 4.79 Å². The lowest BCUT2D eigenvalue weighted by Crippen LogP contribution is -2.10. The Morgan fingerprint density at radius 3 is 2.64 bits per heavy atom. The molecule has 0 unspecified atom stereocenters. The van der Waals surface area contributed by atoms with Crippen LogP contribution in [0.25, 0.3) is 21.7 Å². The van der Waals surface area contributed by atoms with Crippen LogP contribution >= 0.6 is 0 Å². The summed E-state index contributed by atoms with van der Waals surface area (Å²) in [6, 6.07) is 19.7. The van der Waals surface area contributed by atoms with Crippen molar-refractivity contribution < 1.29 is 14.3 Å². The van der Waals surface area contributed by atoms with E-state index in [4.69, 9.17) is 14.3 Å². The third-order valence-electron chi connectivity index (χ3n) is 5.82. The van der Waals surface area contributed by atoms with Gasteiger partial charge in [-0.05, 0) is 35.6 Å². The van der Waals surface area contributed by atoms with Crippen LogP contribution in [0.3, 0.4) is 0 Å². The number of ether oxygens (including phenoxy) is 1. The molecule has 4 aromatic rings. The fraction of sp³-hybridized carbons (Fsp3) is 0.321. The molecular weight excluding hydrogens is 414 g/mol. The number of aliphatic hydroxyl groups excluding tert-OH is 1. The standard InChI is InChI=1S/C28H31NO4/c1-19(2)26-17-25(31)28-24(29-13-6-3-7-14-30)15-22(16-27(28)33-26)32-18-21-11-8-10-20-9-4-5-12-23(20)21/h4-5,8-12,15-17,19,29-30H,3,6-7,13-14,18H2,1-2H3. The highest BCUT2D eigenvalue weighted by molar-refractivity contribution is 5.91. The quantitative estimate of drug-likeness (QED) is 0.283. The second-order valence-corrected chi connectivity index (χ2v) is 8.65. The molecule has 5 heteroatoms. The highest BCUT2D eigenvalue weighted by atomic mass is 16.5. The van der Waals surface area contributed by atoms with Gasteiger partial charge in [-0.2, -0.15) is 0 Å². The Morgan fingerprint density at radius 2 is 1.82 bits per heavy atom. The highest BCUT2D eigenvalue weighted by Gasteiger charge is 2.14. The molecular formula is C28H31NO4. The minimum absolute atomic E-state index is 0.0570. The number of rotatable bonds is 10. The number of hydrogen-bond donors (Lipinski definition) is 2. The van der Waals surface area contributed by atoms with E-state index in [0.29, 0.717) is 41.3 Å². The molecule has 0 fully saturated rings. The molecule has 4 rings (SSSR count). The maximum atomic E-state index is 12.9. The van der Waals surface area contributed by atoms with Crippen LogP contribution in [0.5, 0.6) is 5.75 Å². The van der Waals surface area contributed by atoms with E-state index in [1.54, 1.807) is 6.07 Å². The molecule has 3 aromatic carbocycles. The molecule has 0 radical (unpaired) electrons.